The molecule has 7 heterocycles. The number of thiocarbonyl (C=S) groups is 1. The molecule has 7 aromatic heterocycles. The predicted molar refractivity (Wildman–Crippen MR) is 530 cm³/mol. The van der Waals surface area contributed by atoms with Crippen LogP contribution in [0.2, 0.25) is 4.94 Å². The number of nitrogens with zero attached hydrogens (tertiary/aromatic N) is 12. The number of hydrogen-bond donors (Lipinski definition) is 5. The van der Waals surface area contributed by atoms with Crippen LogP contribution < -0.4 is 20.7 Å². The molecular weight excluding hydrogens is 2040 g/mol. The van der Waals surface area contributed by atoms with E-state index in [-0.39, 0.29) is 73.3 Å². The van der Waals surface area contributed by atoms with Gasteiger partial charge in [-0.2, -0.15) is 8.42 Å². The van der Waals surface area contributed by atoms with Crippen LogP contribution in [-0.2, 0) is 93.9 Å². The van der Waals surface area contributed by atoms with Gasteiger partial charge in [0.2, 0.25) is 0 Å². The summed E-state index contributed by atoms with van der Waals surface area (Å²) in [6.07, 6.45) is 2.21. The molecular formula is C89H78Cl2N16O17S9Sn. The van der Waals surface area contributed by atoms with Crippen molar-refractivity contribution < 1.29 is 65.9 Å². The molecule has 0 aliphatic rings. The molecule has 134 heavy (non-hydrogen) atoms. The molecule has 0 aliphatic heterocycles. The summed E-state index contributed by atoms with van der Waals surface area (Å²) in [6, 6.07) is 64.9. The van der Waals surface area contributed by atoms with Crippen LogP contribution in [0.25, 0.3) is 47.1 Å². The van der Waals surface area contributed by atoms with Crippen molar-refractivity contribution >= 4 is 206 Å². The molecule has 0 unspecified atom stereocenters. The van der Waals surface area contributed by atoms with Crippen LogP contribution in [0.5, 0.6) is 0 Å². The van der Waals surface area contributed by atoms with E-state index in [4.69, 9.17) is 70.3 Å². The van der Waals surface area contributed by atoms with Crippen LogP contribution in [0, 0.1) is 36.9 Å². The number of hydrogen-bond acceptors (Lipinski definition) is 35. The average Bonchev–Trinajstić information content (AvgIpc) is 1.67. The van der Waals surface area contributed by atoms with Gasteiger partial charge in [-0.1, -0.05) is 170 Å². The number of aliphatic imine (C=N–C) groups is 1. The van der Waals surface area contributed by atoms with Crippen molar-refractivity contribution in [1.29, 1.82) is 0 Å². The Bertz CT molecular complexity index is 6290. The van der Waals surface area contributed by atoms with Crippen LogP contribution in [0.15, 0.2) is 261 Å². The average molecular weight is 2120 g/mol. The van der Waals surface area contributed by atoms with Crippen LogP contribution in [0.3, 0.4) is 0 Å². The Balaban J connectivity index is 0.000000179. The Morgan fingerprint density at radius 1 is 0.493 bits per heavy atom. The second-order valence-corrected chi connectivity index (χ2v) is 48.1. The zero-order valence-electron chi connectivity index (χ0n) is 70.4. The van der Waals surface area contributed by atoms with Crippen LogP contribution >= 0.6 is 109 Å². The fraction of sp³-hybridized carbons (Fsp3) is 0.157. The van der Waals surface area contributed by atoms with E-state index in [1.54, 1.807) is 123 Å². The van der Waals surface area contributed by atoms with Crippen molar-refractivity contribution in [2.24, 2.45) is 4.99 Å². The SMILES string of the molecule is O=COCc1ncsc1N[C@@H](Cc1ccc(NS(=O)(=O)O)cc1)c1csc(-c2ccccc2)n1.O=COCc1ncsc1N[C@@H](Cc1ccc([N+](=O)[O-])cc1)c1csc(-c2ccccc2)n1.O=COCc1ncsc1N[C@@H](Cc1ccc([N+](=O)[O-])cc1)c1csc(-c2ccccc2)n1.O=[N+]([O-])c1ccc(C[C@H](N=C=S)c2csc(-c3ccccc3)n2)cc1.[C-]#[N+]CC(=O)OC.[CH3][SnH]([Cl])[Cl]. The van der Waals surface area contributed by atoms with Crippen LogP contribution in [-0.4, -0.2) is 124 Å². The molecule has 33 nitrogen and oxygen atoms in total. The van der Waals surface area contributed by atoms with Crippen molar-refractivity contribution in [3.63, 3.8) is 0 Å². The number of nitrogens with one attached hydrogen (secondary N) is 4. The molecule has 0 fully saturated rings. The van der Waals surface area contributed by atoms with Gasteiger partial charge in [-0.3, -0.25) is 54.0 Å². The summed E-state index contributed by atoms with van der Waals surface area (Å²) in [4.78, 5) is 114. The number of halogens is 2. The van der Waals surface area contributed by atoms with E-state index in [0.29, 0.717) is 62.2 Å². The monoisotopic (exact) mass is 2120 g/mol. The molecule has 4 atom stereocenters. The number of anilines is 4. The quantitative estimate of drug-likeness (QED) is 0.00229. The number of non-ortho nitro benzene ring substituents is 3. The number of nitro groups is 3. The van der Waals surface area contributed by atoms with Crippen molar-refractivity contribution in [2.45, 2.75) is 74.6 Å². The number of thiazole rings is 7. The first-order valence-electron chi connectivity index (χ1n) is 39.5. The number of ether oxygens (including phenoxy) is 4. The molecule has 0 aliphatic carbocycles. The van der Waals surface area contributed by atoms with Crippen molar-refractivity contribution in [3.05, 3.63) is 360 Å². The first-order chi connectivity index (χ1) is 64.9. The molecule has 688 valence electrons. The van der Waals surface area contributed by atoms with Crippen molar-refractivity contribution in [1.82, 2.24) is 34.9 Å². The van der Waals surface area contributed by atoms with E-state index >= 15 is 0 Å². The van der Waals surface area contributed by atoms with Gasteiger partial charge in [-0.05, 0) is 65.9 Å². The minimum absolute atomic E-state index is 0.0500. The molecule has 0 bridgehead atoms. The third-order valence-corrected chi connectivity index (χ3v) is 25.0. The molecule has 0 amide bonds. The zero-order chi connectivity index (χ0) is 95.6. The minimum atomic E-state index is -4.34. The fourth-order valence-corrected chi connectivity index (χ4v) is 18.4. The normalized spacial score (nSPS) is 11.4. The van der Waals surface area contributed by atoms with E-state index in [9.17, 15) is 57.9 Å². The first kappa shape index (κ1) is 103. The predicted octanol–water partition coefficient (Wildman–Crippen LogP) is 21.5. The van der Waals surface area contributed by atoms with E-state index in [1.165, 1.54) is 77.5 Å². The standard InChI is InChI=1S/C22H20N4O5S3.2C22H18N4O4S2.C18H13N3O2S2.C4H5NO2.CH3.2ClH.Sn.H/c27-14-31-11-19-22(33-13-23-19)24-18(10-15-6-8-17(9-7-15)26-34(28,29)30)20-12-32-21(25-20)16-4-2-1-3-5-16;2*27-14-30-11-19-22(32-13-23-19)24-18(10-15-6-8-17(9-7-15)26(28)29)20-12-31-21(25-20)16-4-2-1-3-5-16;22-21(23)15-8-6-13(7-9-15)10-16(19-12-24)17-11-25-18(20-17)14-4-2-1-3-5-14;1-5-3-4(6)7-2;;;;;/h1-9,12-14,18,24,26H,10-11H2,(H,28,29,30);2*1-9,12-14,18,24H,10-11H2;1-9,11,16H,10H2;3H2,2H3;1H3;2*1H;;/q;;;;;;;;+2;/p-2/t3*18-;16-;;;;;;/m0000....../s1. The Morgan fingerprint density at radius 2 is 0.776 bits per heavy atom. The topological polar surface area (TPSA) is 444 Å². The Labute approximate surface area is 815 Å². The van der Waals surface area contributed by atoms with Gasteiger partial charge in [0, 0.05) is 86.6 Å². The van der Waals surface area contributed by atoms with Gasteiger partial charge in [-0.15, -0.1) is 79.4 Å². The summed E-state index contributed by atoms with van der Waals surface area (Å²) in [5.41, 5.74) is 18.6. The molecule has 15 rings (SSSR count). The van der Waals surface area contributed by atoms with Gasteiger partial charge in [0.1, 0.15) is 78.0 Å². The number of nitro benzene ring substituents is 3. The number of benzene rings is 8. The Hall–Kier alpha value is -13.0. The maximum atomic E-state index is 11.0. The summed E-state index contributed by atoms with van der Waals surface area (Å²) in [6.45, 7) is 7.37. The second kappa shape index (κ2) is 54.3. The fourth-order valence-electron chi connectivity index (χ4n) is 12.1. The Kier molecular flexibility index (Phi) is 41.8. The first-order valence-corrected chi connectivity index (χ1v) is 59.1. The van der Waals surface area contributed by atoms with E-state index < -0.39 is 48.5 Å². The van der Waals surface area contributed by atoms with E-state index in [1.807, 2.05) is 153 Å². The van der Waals surface area contributed by atoms with Crippen LogP contribution in [0.4, 0.5) is 37.8 Å². The van der Waals surface area contributed by atoms with E-state index in [0.717, 1.165) is 102 Å². The summed E-state index contributed by atoms with van der Waals surface area (Å²) < 4.78 is 51.8. The molecule has 0 saturated carbocycles. The second-order valence-electron chi connectivity index (χ2n) is 27.5. The number of rotatable bonds is 38. The third kappa shape index (κ3) is 33.6. The molecule has 0 radical (unpaired) electrons. The van der Waals surface area contributed by atoms with E-state index in [2.05, 4.69) is 55.6 Å². The number of methoxy groups -OCH3 is 1. The molecule has 15 aromatic rings. The Morgan fingerprint density at radius 3 is 1.04 bits per heavy atom. The molecule has 0 spiro atoms. The maximum absolute atomic E-state index is 11.0. The molecule has 8 aromatic carbocycles. The third-order valence-electron chi connectivity index (χ3n) is 18.3. The number of aromatic nitrogens is 7. The summed E-state index contributed by atoms with van der Waals surface area (Å²) in [5.74, 6) is -0.477. The summed E-state index contributed by atoms with van der Waals surface area (Å²) in [5, 5.41) is 59.5. The summed E-state index contributed by atoms with van der Waals surface area (Å²) >= 11 is 13.5. The van der Waals surface area contributed by atoms with Crippen molar-refractivity contribution in [2.75, 3.05) is 34.3 Å². The number of esters is 1. The van der Waals surface area contributed by atoms with Gasteiger partial charge in [0.25, 0.3) is 36.5 Å². The molecule has 5 N–H and O–H groups in total. The van der Waals surface area contributed by atoms with Gasteiger partial charge in [-0.25, -0.2) is 51.2 Å². The van der Waals surface area contributed by atoms with Crippen molar-refractivity contribution in [3.8, 4) is 42.3 Å². The zero-order valence-corrected chi connectivity index (χ0v) is 82.5. The number of carbonyl (C=O) groups is 4. The van der Waals surface area contributed by atoms with Gasteiger partial charge in [0.05, 0.1) is 90.2 Å². The number of carbonyl (C=O) groups excluding carboxylic acids is 4. The number of isothiocyanates is 1. The summed E-state index contributed by atoms with van der Waals surface area (Å²) in [7, 11) is 7.42. The van der Waals surface area contributed by atoms with Gasteiger partial charge < -0.3 is 39.7 Å². The molecule has 0 saturated heterocycles. The van der Waals surface area contributed by atoms with Crippen LogP contribution in [0.1, 0.15) is 86.3 Å². The van der Waals surface area contributed by atoms with Gasteiger partial charge in [0.15, 0.2) is 0 Å². The van der Waals surface area contributed by atoms with Gasteiger partial charge >= 0.3 is 63.1 Å². The molecule has 45 heteroatoms.